The predicted molar refractivity (Wildman–Crippen MR) is 86.3 cm³/mol. The zero-order valence-corrected chi connectivity index (χ0v) is 13.9. The molecule has 3 rings (SSSR count). The Morgan fingerprint density at radius 2 is 2.04 bits per heavy atom. The fourth-order valence-electron chi connectivity index (χ4n) is 2.77. The molecule has 2 amide bonds. The number of carbonyl (C=O) groups is 2. The van der Waals surface area contributed by atoms with Gasteiger partial charge in [0.05, 0.1) is 12.2 Å². The lowest BCUT2D eigenvalue weighted by Crippen LogP contribution is -2.41. The van der Waals surface area contributed by atoms with Crippen LogP contribution in [0.15, 0.2) is 24.8 Å². The van der Waals surface area contributed by atoms with Crippen LogP contribution in [-0.2, 0) is 6.54 Å². The largest absolute Gasteiger partial charge is 0.348 e. The van der Waals surface area contributed by atoms with Crippen LogP contribution in [0.5, 0.6) is 0 Å². The van der Waals surface area contributed by atoms with Gasteiger partial charge in [-0.15, -0.1) is 0 Å². The Morgan fingerprint density at radius 3 is 2.71 bits per heavy atom. The molecule has 126 valence electrons. The van der Waals surface area contributed by atoms with E-state index in [1.807, 2.05) is 25.3 Å². The fourth-order valence-corrected chi connectivity index (χ4v) is 2.77. The van der Waals surface area contributed by atoms with E-state index in [1.165, 1.54) is 18.6 Å². The van der Waals surface area contributed by atoms with Crippen molar-refractivity contribution in [1.29, 1.82) is 0 Å². The zero-order valence-electron chi connectivity index (χ0n) is 13.9. The summed E-state index contributed by atoms with van der Waals surface area (Å²) < 4.78 is 1.93. The maximum Gasteiger partial charge on any atom is 0.274 e. The van der Waals surface area contributed by atoms with Gasteiger partial charge in [-0.3, -0.25) is 14.6 Å². The van der Waals surface area contributed by atoms with Crippen molar-refractivity contribution in [2.24, 2.45) is 0 Å². The molecule has 0 saturated heterocycles. The highest BCUT2D eigenvalue weighted by atomic mass is 16.2. The molecule has 8 heteroatoms. The lowest BCUT2D eigenvalue weighted by Gasteiger charge is -2.33. The quantitative estimate of drug-likeness (QED) is 0.908. The molecule has 0 unspecified atom stereocenters. The van der Waals surface area contributed by atoms with Crippen molar-refractivity contribution in [1.82, 2.24) is 29.7 Å². The summed E-state index contributed by atoms with van der Waals surface area (Å²) in [6.07, 6.45) is 6.23. The highest BCUT2D eigenvalue weighted by molar-refractivity contribution is 5.93. The van der Waals surface area contributed by atoms with Gasteiger partial charge >= 0.3 is 0 Å². The number of imidazole rings is 1. The van der Waals surface area contributed by atoms with Crippen molar-refractivity contribution in [2.75, 3.05) is 6.54 Å². The first-order valence-corrected chi connectivity index (χ1v) is 7.92. The molecule has 2 aromatic rings. The van der Waals surface area contributed by atoms with Crippen molar-refractivity contribution < 1.29 is 9.59 Å². The number of fused-ring (bicyclic) bond motifs is 1. The topological polar surface area (TPSA) is 93.0 Å². The van der Waals surface area contributed by atoms with Gasteiger partial charge in [0.1, 0.15) is 17.2 Å². The Morgan fingerprint density at radius 1 is 1.25 bits per heavy atom. The summed E-state index contributed by atoms with van der Waals surface area (Å²) in [5.74, 6) is 0.316. The molecule has 2 aromatic heterocycles. The van der Waals surface area contributed by atoms with Crippen LogP contribution in [0.1, 0.15) is 53.6 Å². The first-order chi connectivity index (χ1) is 11.5. The summed E-state index contributed by atoms with van der Waals surface area (Å²) >= 11 is 0. The number of carbonyl (C=O) groups excluding carboxylic acids is 2. The van der Waals surface area contributed by atoms with E-state index in [1.54, 1.807) is 11.1 Å². The van der Waals surface area contributed by atoms with Crippen LogP contribution in [0.25, 0.3) is 0 Å². The Labute approximate surface area is 139 Å². The van der Waals surface area contributed by atoms with Gasteiger partial charge < -0.3 is 14.8 Å². The minimum atomic E-state index is -0.242. The Balaban J connectivity index is 1.83. The van der Waals surface area contributed by atoms with E-state index in [0.29, 0.717) is 30.3 Å². The molecule has 1 atom stereocenters. The first kappa shape index (κ1) is 16.1. The van der Waals surface area contributed by atoms with E-state index < -0.39 is 0 Å². The molecule has 0 saturated carbocycles. The van der Waals surface area contributed by atoms with Gasteiger partial charge in [-0.05, 0) is 20.8 Å². The predicted octanol–water partition coefficient (Wildman–Crippen LogP) is 1.03. The van der Waals surface area contributed by atoms with E-state index in [9.17, 15) is 9.59 Å². The van der Waals surface area contributed by atoms with E-state index in [-0.39, 0.29) is 23.9 Å². The maximum atomic E-state index is 12.6. The highest BCUT2D eigenvalue weighted by Crippen LogP contribution is 2.25. The number of amides is 2. The SMILES string of the molecule is CC(C)NC(=O)c1cn2c(n1)[C@@H](C)N(C(=O)c1cnccn1)CC2. The summed E-state index contributed by atoms with van der Waals surface area (Å²) in [7, 11) is 0. The molecule has 8 nitrogen and oxygen atoms in total. The number of hydrogen-bond donors (Lipinski definition) is 1. The number of rotatable bonds is 3. The summed E-state index contributed by atoms with van der Waals surface area (Å²) in [6, 6.07) is -0.197. The van der Waals surface area contributed by atoms with Crippen LogP contribution in [0.4, 0.5) is 0 Å². The smallest absolute Gasteiger partial charge is 0.274 e. The van der Waals surface area contributed by atoms with Crippen molar-refractivity contribution in [3.8, 4) is 0 Å². The Hall–Kier alpha value is -2.77. The normalized spacial score (nSPS) is 16.8. The lowest BCUT2D eigenvalue weighted by atomic mass is 10.2. The minimum Gasteiger partial charge on any atom is -0.348 e. The fraction of sp³-hybridized carbons (Fsp3) is 0.438. The molecule has 0 spiro atoms. The Bertz CT molecular complexity index is 755. The molecule has 0 radical (unpaired) electrons. The van der Waals surface area contributed by atoms with Gasteiger partial charge in [-0.1, -0.05) is 0 Å². The number of aromatic nitrogens is 4. The number of nitrogens with zero attached hydrogens (tertiary/aromatic N) is 5. The minimum absolute atomic E-state index is 0.0448. The van der Waals surface area contributed by atoms with Crippen molar-refractivity contribution >= 4 is 11.8 Å². The third-order valence-corrected chi connectivity index (χ3v) is 3.93. The lowest BCUT2D eigenvalue weighted by molar-refractivity contribution is 0.0631. The van der Waals surface area contributed by atoms with Gasteiger partial charge in [-0.2, -0.15) is 0 Å². The molecular formula is C16H20N6O2. The molecule has 0 fully saturated rings. The molecule has 24 heavy (non-hydrogen) atoms. The second kappa shape index (κ2) is 6.38. The molecule has 1 aliphatic heterocycles. The highest BCUT2D eigenvalue weighted by Gasteiger charge is 2.31. The molecule has 3 heterocycles. The molecular weight excluding hydrogens is 308 g/mol. The second-order valence-corrected chi connectivity index (χ2v) is 6.07. The van der Waals surface area contributed by atoms with E-state index in [4.69, 9.17) is 0 Å². The summed E-state index contributed by atoms with van der Waals surface area (Å²) in [6.45, 7) is 6.82. The maximum absolute atomic E-state index is 12.6. The molecule has 0 aromatic carbocycles. The van der Waals surface area contributed by atoms with Crippen LogP contribution >= 0.6 is 0 Å². The van der Waals surface area contributed by atoms with Gasteiger partial charge in [-0.25, -0.2) is 9.97 Å². The first-order valence-electron chi connectivity index (χ1n) is 7.92. The molecule has 0 bridgehead atoms. The van der Waals surface area contributed by atoms with Crippen LogP contribution in [-0.4, -0.2) is 48.8 Å². The summed E-state index contributed by atoms with van der Waals surface area (Å²) in [4.78, 5) is 38.9. The number of hydrogen-bond acceptors (Lipinski definition) is 5. The molecule has 1 aliphatic rings. The van der Waals surface area contributed by atoms with Gasteiger partial charge in [0.15, 0.2) is 0 Å². The molecule has 1 N–H and O–H groups in total. The Kier molecular flexibility index (Phi) is 4.28. The average molecular weight is 328 g/mol. The molecule has 0 aliphatic carbocycles. The zero-order chi connectivity index (χ0) is 17.3. The van der Waals surface area contributed by atoms with Crippen molar-refractivity contribution in [2.45, 2.75) is 39.4 Å². The van der Waals surface area contributed by atoms with Crippen LogP contribution in [0.2, 0.25) is 0 Å². The van der Waals surface area contributed by atoms with E-state index >= 15 is 0 Å². The van der Waals surface area contributed by atoms with Gasteiger partial charge in [0, 0.05) is 37.7 Å². The number of nitrogens with one attached hydrogen (secondary N) is 1. The van der Waals surface area contributed by atoms with Gasteiger partial charge in [0.2, 0.25) is 0 Å². The third-order valence-electron chi connectivity index (χ3n) is 3.93. The van der Waals surface area contributed by atoms with E-state index in [2.05, 4.69) is 20.3 Å². The second-order valence-electron chi connectivity index (χ2n) is 6.07. The summed E-state index contributed by atoms with van der Waals surface area (Å²) in [5.41, 5.74) is 0.682. The standard InChI is InChI=1S/C16H20N6O2/c1-10(2)19-15(23)13-9-21-6-7-22(11(3)14(21)20-13)16(24)12-8-17-4-5-18-12/h4-5,8-11H,6-7H2,1-3H3,(H,19,23)/t11-/m1/s1. The average Bonchev–Trinajstić information content (AvgIpc) is 3.00. The van der Waals surface area contributed by atoms with Crippen LogP contribution < -0.4 is 5.32 Å². The van der Waals surface area contributed by atoms with Crippen molar-refractivity contribution in [3.05, 3.63) is 42.0 Å². The van der Waals surface area contributed by atoms with Crippen LogP contribution in [0, 0.1) is 0 Å². The monoisotopic (exact) mass is 328 g/mol. The van der Waals surface area contributed by atoms with Crippen molar-refractivity contribution in [3.63, 3.8) is 0 Å². The van der Waals surface area contributed by atoms with E-state index in [0.717, 1.165) is 0 Å². The third kappa shape index (κ3) is 2.99. The van der Waals surface area contributed by atoms with Gasteiger partial charge in [0.25, 0.3) is 11.8 Å². The van der Waals surface area contributed by atoms with Crippen LogP contribution in [0.3, 0.4) is 0 Å². The summed E-state index contributed by atoms with van der Waals surface area (Å²) in [5, 5.41) is 2.83.